The molecule has 3 nitrogen and oxygen atoms in total. The van der Waals surface area contributed by atoms with Crippen LogP contribution in [0.15, 0.2) is 24.3 Å². The smallest absolute Gasteiger partial charge is 0.382 e. The van der Waals surface area contributed by atoms with E-state index in [1.807, 2.05) is 0 Å². The molecule has 0 amide bonds. The van der Waals surface area contributed by atoms with E-state index in [0.29, 0.717) is 32.7 Å². The lowest BCUT2D eigenvalue weighted by Gasteiger charge is -2.13. The molecule has 0 spiro atoms. The zero-order chi connectivity index (χ0) is 15.0. The average Bonchev–Trinajstić information content (AvgIpc) is 2.38. The number of methoxy groups -OCH3 is 1. The second-order valence-electron chi connectivity index (χ2n) is 4.55. The van der Waals surface area contributed by atoms with Gasteiger partial charge in [0.1, 0.15) is 0 Å². The highest BCUT2D eigenvalue weighted by atomic mass is 19.4. The van der Waals surface area contributed by atoms with E-state index in [4.69, 9.17) is 15.2 Å². The molecular weight excluding hydrogens is 271 g/mol. The molecule has 6 heteroatoms. The Hall–Kier alpha value is -1.11. The van der Waals surface area contributed by atoms with Gasteiger partial charge in [0.15, 0.2) is 0 Å². The Morgan fingerprint density at radius 1 is 1.10 bits per heavy atom. The summed E-state index contributed by atoms with van der Waals surface area (Å²) < 4.78 is 47.3. The Balaban J connectivity index is 2.33. The maximum atomic E-state index is 12.4. The van der Waals surface area contributed by atoms with E-state index in [1.54, 1.807) is 7.11 Å². The molecule has 1 unspecified atom stereocenters. The third-order valence-electron chi connectivity index (χ3n) is 2.84. The maximum Gasteiger partial charge on any atom is 0.416 e. The minimum Gasteiger partial charge on any atom is -0.382 e. The first kappa shape index (κ1) is 16.9. The van der Waals surface area contributed by atoms with Gasteiger partial charge in [0, 0.05) is 19.8 Å². The van der Waals surface area contributed by atoms with E-state index in [2.05, 4.69) is 0 Å². The molecular formula is C14H20F3NO2. The lowest BCUT2D eigenvalue weighted by atomic mass is 10.0. The summed E-state index contributed by atoms with van der Waals surface area (Å²) >= 11 is 0. The number of ether oxygens (including phenoxy) is 2. The zero-order valence-corrected chi connectivity index (χ0v) is 11.5. The van der Waals surface area contributed by atoms with Gasteiger partial charge in [-0.1, -0.05) is 12.1 Å². The predicted octanol–water partition coefficient (Wildman–Crippen LogP) is 2.63. The second-order valence-corrected chi connectivity index (χ2v) is 4.55. The zero-order valence-electron chi connectivity index (χ0n) is 11.5. The second kappa shape index (κ2) is 8.24. The number of halogens is 3. The van der Waals surface area contributed by atoms with Crippen molar-refractivity contribution in [2.24, 2.45) is 5.73 Å². The van der Waals surface area contributed by atoms with Gasteiger partial charge in [0.2, 0.25) is 0 Å². The summed E-state index contributed by atoms with van der Waals surface area (Å²) in [5.74, 6) is 0. The van der Waals surface area contributed by atoms with Crippen LogP contribution in [0.5, 0.6) is 0 Å². The fourth-order valence-electron chi connectivity index (χ4n) is 1.71. The Bertz CT molecular complexity index is 379. The highest BCUT2D eigenvalue weighted by Gasteiger charge is 2.29. The lowest BCUT2D eigenvalue weighted by molar-refractivity contribution is -0.137. The summed E-state index contributed by atoms with van der Waals surface area (Å²) in [4.78, 5) is 0. The number of rotatable bonds is 8. The van der Waals surface area contributed by atoms with Crippen LogP contribution in [0.25, 0.3) is 0 Å². The number of nitrogens with two attached hydrogens (primary N) is 1. The third kappa shape index (κ3) is 6.36. The van der Waals surface area contributed by atoms with Gasteiger partial charge in [-0.25, -0.2) is 0 Å². The van der Waals surface area contributed by atoms with Crippen LogP contribution in [0.1, 0.15) is 17.5 Å². The minimum atomic E-state index is -4.30. The van der Waals surface area contributed by atoms with Gasteiger partial charge >= 0.3 is 6.18 Å². The Morgan fingerprint density at radius 2 is 1.75 bits per heavy atom. The number of hydrogen-bond donors (Lipinski definition) is 1. The van der Waals surface area contributed by atoms with Crippen molar-refractivity contribution in [3.63, 3.8) is 0 Å². The molecule has 0 saturated carbocycles. The van der Waals surface area contributed by atoms with Crippen LogP contribution in [0.4, 0.5) is 13.2 Å². The molecule has 114 valence electrons. The molecule has 0 aliphatic heterocycles. The lowest BCUT2D eigenvalue weighted by Crippen LogP contribution is -2.25. The summed E-state index contributed by atoms with van der Waals surface area (Å²) in [6.45, 7) is 1.57. The molecule has 0 radical (unpaired) electrons. The van der Waals surface area contributed by atoms with Crippen molar-refractivity contribution in [3.8, 4) is 0 Å². The molecule has 0 bridgehead atoms. The molecule has 20 heavy (non-hydrogen) atoms. The Labute approximate surface area is 116 Å². The fraction of sp³-hybridized carbons (Fsp3) is 0.571. The first-order valence-electron chi connectivity index (χ1n) is 6.42. The summed E-state index contributed by atoms with van der Waals surface area (Å²) in [6, 6.07) is 4.96. The SMILES string of the molecule is COCCOCCC(N)Cc1ccc(C(F)(F)F)cc1. The first-order valence-corrected chi connectivity index (χ1v) is 6.42. The normalized spacial score (nSPS) is 13.4. The third-order valence-corrected chi connectivity index (χ3v) is 2.84. The van der Waals surface area contributed by atoms with E-state index in [1.165, 1.54) is 12.1 Å². The quantitative estimate of drug-likeness (QED) is 0.749. The van der Waals surface area contributed by atoms with Gasteiger partial charge in [0.25, 0.3) is 0 Å². The first-order chi connectivity index (χ1) is 9.43. The average molecular weight is 291 g/mol. The van der Waals surface area contributed by atoms with E-state index < -0.39 is 11.7 Å². The highest BCUT2D eigenvalue weighted by molar-refractivity contribution is 5.25. The van der Waals surface area contributed by atoms with Crippen molar-refractivity contribution in [3.05, 3.63) is 35.4 Å². The van der Waals surface area contributed by atoms with Crippen molar-refractivity contribution in [1.29, 1.82) is 0 Å². The maximum absolute atomic E-state index is 12.4. The number of hydrogen-bond acceptors (Lipinski definition) is 3. The largest absolute Gasteiger partial charge is 0.416 e. The van der Waals surface area contributed by atoms with Gasteiger partial charge in [-0.05, 0) is 30.5 Å². The van der Waals surface area contributed by atoms with Crippen molar-refractivity contribution in [2.45, 2.75) is 25.1 Å². The Morgan fingerprint density at radius 3 is 2.30 bits per heavy atom. The van der Waals surface area contributed by atoms with Crippen LogP contribution in [0, 0.1) is 0 Å². The molecule has 1 aromatic carbocycles. The molecule has 0 aliphatic carbocycles. The molecule has 1 rings (SSSR count). The summed E-state index contributed by atoms with van der Waals surface area (Å²) in [6.07, 6.45) is -3.10. The van der Waals surface area contributed by atoms with Gasteiger partial charge < -0.3 is 15.2 Å². The van der Waals surface area contributed by atoms with Crippen LogP contribution >= 0.6 is 0 Å². The van der Waals surface area contributed by atoms with Crippen LogP contribution in [-0.2, 0) is 22.1 Å². The molecule has 1 aromatic rings. The van der Waals surface area contributed by atoms with Gasteiger partial charge in [0.05, 0.1) is 18.8 Å². The van der Waals surface area contributed by atoms with E-state index in [9.17, 15) is 13.2 Å². The van der Waals surface area contributed by atoms with Gasteiger partial charge in [-0.3, -0.25) is 0 Å². The topological polar surface area (TPSA) is 44.5 Å². The number of alkyl halides is 3. The minimum absolute atomic E-state index is 0.130. The summed E-state index contributed by atoms with van der Waals surface area (Å²) in [7, 11) is 1.60. The van der Waals surface area contributed by atoms with Crippen molar-refractivity contribution < 1.29 is 22.6 Å². The molecule has 0 saturated heterocycles. The molecule has 0 heterocycles. The highest BCUT2D eigenvalue weighted by Crippen LogP contribution is 2.29. The van der Waals surface area contributed by atoms with Crippen LogP contribution in [0.2, 0.25) is 0 Å². The van der Waals surface area contributed by atoms with Crippen molar-refractivity contribution in [2.75, 3.05) is 26.9 Å². The summed E-state index contributed by atoms with van der Waals surface area (Å²) in [5.41, 5.74) is 6.06. The van der Waals surface area contributed by atoms with Crippen LogP contribution < -0.4 is 5.73 Å². The summed E-state index contributed by atoms with van der Waals surface area (Å²) in [5, 5.41) is 0. The Kier molecular flexibility index (Phi) is 6.98. The molecule has 1 atom stereocenters. The van der Waals surface area contributed by atoms with Crippen molar-refractivity contribution >= 4 is 0 Å². The monoisotopic (exact) mass is 291 g/mol. The van der Waals surface area contributed by atoms with E-state index in [-0.39, 0.29) is 6.04 Å². The molecule has 0 aliphatic rings. The fourth-order valence-corrected chi connectivity index (χ4v) is 1.71. The van der Waals surface area contributed by atoms with Crippen LogP contribution in [-0.4, -0.2) is 33.0 Å². The van der Waals surface area contributed by atoms with E-state index >= 15 is 0 Å². The molecule has 0 fully saturated rings. The van der Waals surface area contributed by atoms with E-state index in [0.717, 1.165) is 17.7 Å². The molecule has 2 N–H and O–H groups in total. The van der Waals surface area contributed by atoms with Crippen molar-refractivity contribution in [1.82, 2.24) is 0 Å². The predicted molar refractivity (Wildman–Crippen MR) is 70.4 cm³/mol. The molecule has 0 aromatic heterocycles. The van der Waals surface area contributed by atoms with Gasteiger partial charge in [-0.2, -0.15) is 13.2 Å². The number of benzene rings is 1. The van der Waals surface area contributed by atoms with Crippen LogP contribution in [0.3, 0.4) is 0 Å². The van der Waals surface area contributed by atoms with Gasteiger partial charge in [-0.15, -0.1) is 0 Å². The standard InChI is InChI=1S/C14H20F3NO2/c1-19-8-9-20-7-6-13(18)10-11-2-4-12(5-3-11)14(15,16)17/h2-5,13H,6-10,18H2,1H3.